The van der Waals surface area contributed by atoms with Gasteiger partial charge in [-0.2, -0.15) is 0 Å². The first kappa shape index (κ1) is 18.1. The number of unbranched alkanes of at least 4 members (excludes halogenated alkanes) is 2. The fourth-order valence-electron chi connectivity index (χ4n) is 2.15. The van der Waals surface area contributed by atoms with Crippen molar-refractivity contribution < 1.29 is 9.59 Å². The molecule has 0 aromatic heterocycles. The molecule has 1 amide bonds. The van der Waals surface area contributed by atoms with Crippen molar-refractivity contribution in [2.45, 2.75) is 52.9 Å². The van der Waals surface area contributed by atoms with Crippen molar-refractivity contribution in [1.29, 1.82) is 0 Å². The van der Waals surface area contributed by atoms with E-state index < -0.39 is 0 Å². The van der Waals surface area contributed by atoms with Gasteiger partial charge in [0.25, 0.3) is 0 Å². The summed E-state index contributed by atoms with van der Waals surface area (Å²) in [5.41, 5.74) is 1.22. The van der Waals surface area contributed by atoms with Crippen molar-refractivity contribution in [3.05, 3.63) is 42.0 Å². The van der Waals surface area contributed by atoms with Crippen molar-refractivity contribution >= 4 is 17.4 Å². The molecule has 1 aromatic rings. The van der Waals surface area contributed by atoms with Crippen LogP contribution in [0.2, 0.25) is 0 Å². The van der Waals surface area contributed by atoms with Crippen LogP contribution >= 0.6 is 0 Å². The second-order valence-corrected chi connectivity index (χ2v) is 5.79. The molecule has 0 saturated carbocycles. The van der Waals surface area contributed by atoms with Crippen molar-refractivity contribution in [2.75, 3.05) is 5.32 Å². The summed E-state index contributed by atoms with van der Waals surface area (Å²) < 4.78 is 0. The maximum atomic E-state index is 12.0. The Morgan fingerprint density at radius 2 is 1.91 bits per heavy atom. The lowest BCUT2D eigenvalue weighted by Gasteiger charge is -2.09. The van der Waals surface area contributed by atoms with Crippen molar-refractivity contribution in [2.24, 2.45) is 5.92 Å². The first-order valence-corrected chi connectivity index (χ1v) is 8.13. The number of hydrogen-bond acceptors (Lipinski definition) is 2. The third-order valence-corrected chi connectivity index (χ3v) is 3.37. The average Bonchev–Trinajstić information content (AvgIpc) is 2.50. The summed E-state index contributed by atoms with van der Waals surface area (Å²) in [5.74, 6) is 0.606. The Bertz CT molecular complexity index is 518. The minimum absolute atomic E-state index is 0.0239. The van der Waals surface area contributed by atoms with Crippen LogP contribution in [-0.4, -0.2) is 11.7 Å². The molecule has 0 fully saturated rings. The fourth-order valence-corrected chi connectivity index (χ4v) is 2.15. The first-order chi connectivity index (χ1) is 10.5. The van der Waals surface area contributed by atoms with Crippen LogP contribution in [0.25, 0.3) is 0 Å². The molecule has 0 heterocycles. The normalized spacial score (nSPS) is 11.1. The molecule has 0 saturated heterocycles. The van der Waals surface area contributed by atoms with Gasteiger partial charge in [0.15, 0.2) is 5.78 Å². The molecule has 0 aliphatic carbocycles. The van der Waals surface area contributed by atoms with E-state index in [2.05, 4.69) is 31.3 Å². The number of amides is 1. The Labute approximate surface area is 133 Å². The Morgan fingerprint density at radius 3 is 2.59 bits per heavy atom. The van der Waals surface area contributed by atoms with E-state index in [4.69, 9.17) is 0 Å². The lowest BCUT2D eigenvalue weighted by atomic mass is 10.1. The molecule has 0 unspecified atom stereocenters. The average molecular weight is 301 g/mol. The second kappa shape index (κ2) is 9.93. The quantitative estimate of drug-likeness (QED) is 0.397. The number of Topliss-reactive ketones (excluding diaryl/α,β-unsaturated/α-hetero) is 1. The third kappa shape index (κ3) is 6.70. The van der Waals surface area contributed by atoms with E-state index in [1.54, 1.807) is 12.1 Å². The van der Waals surface area contributed by atoms with Gasteiger partial charge in [-0.05, 0) is 37.3 Å². The van der Waals surface area contributed by atoms with Gasteiger partial charge in [-0.3, -0.25) is 9.59 Å². The van der Waals surface area contributed by atoms with Crippen LogP contribution < -0.4 is 5.32 Å². The number of allylic oxidation sites excluding steroid dienone is 2. The highest BCUT2D eigenvalue weighted by molar-refractivity contribution is 6.04. The van der Waals surface area contributed by atoms with Crippen LogP contribution in [0.1, 0.15) is 63.2 Å². The van der Waals surface area contributed by atoms with Crippen molar-refractivity contribution in [1.82, 2.24) is 0 Å². The Morgan fingerprint density at radius 1 is 1.18 bits per heavy atom. The first-order valence-electron chi connectivity index (χ1n) is 8.13. The predicted molar refractivity (Wildman–Crippen MR) is 92.1 cm³/mol. The molecule has 1 rings (SSSR count). The summed E-state index contributed by atoms with van der Waals surface area (Å²) in [6.45, 7) is 6.13. The van der Waals surface area contributed by atoms with Gasteiger partial charge in [0, 0.05) is 18.4 Å². The van der Waals surface area contributed by atoms with Crippen LogP contribution in [0.5, 0.6) is 0 Å². The smallest absolute Gasteiger partial charge is 0.224 e. The highest BCUT2D eigenvalue weighted by atomic mass is 16.1. The molecule has 120 valence electrons. The van der Waals surface area contributed by atoms with Gasteiger partial charge in [-0.25, -0.2) is 0 Å². The molecule has 22 heavy (non-hydrogen) atoms. The minimum Gasteiger partial charge on any atom is -0.325 e. The summed E-state index contributed by atoms with van der Waals surface area (Å²) >= 11 is 0. The van der Waals surface area contributed by atoms with E-state index in [-0.39, 0.29) is 11.7 Å². The Hall–Kier alpha value is -1.90. The summed E-state index contributed by atoms with van der Waals surface area (Å²) in [5, 5.41) is 2.86. The van der Waals surface area contributed by atoms with Gasteiger partial charge in [0.1, 0.15) is 0 Å². The lowest BCUT2D eigenvalue weighted by Crippen LogP contribution is -2.14. The maximum absolute atomic E-state index is 12.0. The fraction of sp³-hybridized carbons (Fsp3) is 0.474. The van der Waals surface area contributed by atoms with Crippen LogP contribution in [0.15, 0.2) is 36.4 Å². The molecule has 1 N–H and O–H groups in total. The number of hydrogen-bond donors (Lipinski definition) is 1. The van der Waals surface area contributed by atoms with E-state index in [9.17, 15) is 9.59 Å². The van der Waals surface area contributed by atoms with Crippen LogP contribution in [0, 0.1) is 5.92 Å². The summed E-state index contributed by atoms with van der Waals surface area (Å²) in [4.78, 5) is 23.8. The zero-order chi connectivity index (χ0) is 16.4. The number of carbonyl (C=O) groups excluding carboxylic acids is 2. The van der Waals surface area contributed by atoms with E-state index >= 15 is 0 Å². The van der Waals surface area contributed by atoms with Gasteiger partial charge < -0.3 is 5.32 Å². The second-order valence-electron chi connectivity index (χ2n) is 5.79. The van der Waals surface area contributed by atoms with Gasteiger partial charge in [0.05, 0.1) is 5.69 Å². The number of para-hydroxylation sites is 1. The number of rotatable bonds is 9. The molecular formula is C19H27NO2. The van der Waals surface area contributed by atoms with Crippen molar-refractivity contribution in [3.8, 4) is 0 Å². The molecule has 0 spiro atoms. The molecule has 0 aliphatic rings. The summed E-state index contributed by atoms with van der Waals surface area (Å²) in [7, 11) is 0. The third-order valence-electron chi connectivity index (χ3n) is 3.37. The van der Waals surface area contributed by atoms with Gasteiger partial charge in [-0.15, -0.1) is 0 Å². The molecule has 0 aliphatic heterocycles. The van der Waals surface area contributed by atoms with E-state index in [1.165, 1.54) is 0 Å². The van der Waals surface area contributed by atoms with Gasteiger partial charge in [0.2, 0.25) is 5.91 Å². The zero-order valence-electron chi connectivity index (χ0n) is 13.9. The number of ketones is 1. The zero-order valence-corrected chi connectivity index (χ0v) is 13.9. The maximum Gasteiger partial charge on any atom is 0.224 e. The van der Waals surface area contributed by atoms with Gasteiger partial charge in [-0.1, -0.05) is 45.1 Å². The lowest BCUT2D eigenvalue weighted by molar-refractivity contribution is -0.116. The summed E-state index contributed by atoms with van der Waals surface area (Å²) in [6.07, 6.45) is 8.17. The minimum atomic E-state index is -0.0239. The van der Waals surface area contributed by atoms with E-state index in [1.807, 2.05) is 19.1 Å². The molecule has 3 nitrogen and oxygen atoms in total. The Kier molecular flexibility index (Phi) is 8.19. The van der Waals surface area contributed by atoms with Crippen LogP contribution in [0.3, 0.4) is 0 Å². The summed E-state index contributed by atoms with van der Waals surface area (Å²) in [6, 6.07) is 7.20. The van der Waals surface area contributed by atoms with E-state index in [0.717, 1.165) is 19.3 Å². The molecule has 3 heteroatoms. The highest BCUT2D eigenvalue weighted by Gasteiger charge is 2.11. The number of benzene rings is 1. The molecule has 1 aromatic carbocycles. The van der Waals surface area contributed by atoms with Crippen molar-refractivity contribution in [3.63, 3.8) is 0 Å². The SMILES string of the molecule is CCC(=O)c1ccccc1NC(=O)CCCC/C=C/C(C)C. The molecule has 0 radical (unpaired) electrons. The highest BCUT2D eigenvalue weighted by Crippen LogP contribution is 2.17. The molecular weight excluding hydrogens is 274 g/mol. The van der Waals surface area contributed by atoms with Crippen LogP contribution in [-0.2, 0) is 4.79 Å². The largest absolute Gasteiger partial charge is 0.325 e. The van der Waals surface area contributed by atoms with Gasteiger partial charge >= 0.3 is 0 Å². The molecule has 0 bridgehead atoms. The number of nitrogens with one attached hydrogen (secondary N) is 1. The Balaban J connectivity index is 2.41. The standard InChI is InChI=1S/C19H27NO2/c1-4-18(21)16-12-9-10-13-17(16)20-19(22)14-8-6-5-7-11-15(2)3/h7,9-13,15H,4-6,8,14H2,1-3H3,(H,20,22)/b11-7+. The monoisotopic (exact) mass is 301 g/mol. The number of carbonyl (C=O) groups is 2. The topological polar surface area (TPSA) is 46.2 Å². The number of anilines is 1. The van der Waals surface area contributed by atoms with E-state index in [0.29, 0.717) is 30.0 Å². The van der Waals surface area contributed by atoms with Crippen LogP contribution in [0.4, 0.5) is 5.69 Å². The predicted octanol–water partition coefficient (Wildman–Crippen LogP) is 4.99. The molecule has 0 atom stereocenters.